The topological polar surface area (TPSA) is 40.5 Å². The van der Waals surface area contributed by atoms with Crippen LogP contribution in [0, 0.1) is 12.8 Å². The van der Waals surface area contributed by atoms with E-state index in [9.17, 15) is 9.32 Å². The first kappa shape index (κ1) is 27.8. The molecule has 0 aliphatic carbocycles. The molecule has 0 heterocycles. The van der Waals surface area contributed by atoms with Crippen LogP contribution in [0.1, 0.15) is 32.3 Å². The zero-order valence-electron chi connectivity index (χ0n) is 17.1. The molecule has 1 atom stereocenters. The predicted molar refractivity (Wildman–Crippen MR) is 131 cm³/mol. The molecule has 0 aliphatic heterocycles. The summed E-state index contributed by atoms with van der Waals surface area (Å²) in [5, 5.41) is 10.8. The van der Waals surface area contributed by atoms with Gasteiger partial charge < -0.3 is 5.11 Å². The van der Waals surface area contributed by atoms with E-state index in [0.717, 1.165) is 18.6 Å². The van der Waals surface area contributed by atoms with E-state index in [4.69, 9.17) is 23.2 Å². The second kappa shape index (κ2) is 16.6. The highest BCUT2D eigenvalue weighted by molar-refractivity contribution is 7.98. The highest BCUT2D eigenvalue weighted by Crippen LogP contribution is 2.29. The summed E-state index contributed by atoms with van der Waals surface area (Å²) in [6.45, 7) is 4.48. The van der Waals surface area contributed by atoms with Crippen LogP contribution in [0.5, 0.6) is 0 Å². The van der Waals surface area contributed by atoms with Gasteiger partial charge in [-0.3, -0.25) is 4.31 Å². The van der Waals surface area contributed by atoms with E-state index < -0.39 is 11.0 Å². The minimum atomic E-state index is -1.41. The van der Waals surface area contributed by atoms with Crippen LogP contribution < -0.4 is 4.31 Å². The van der Waals surface area contributed by atoms with Crippen LogP contribution >= 0.6 is 35.0 Å². The molecule has 0 spiro atoms. The van der Waals surface area contributed by atoms with Crippen LogP contribution in [-0.2, 0) is 17.6 Å². The van der Waals surface area contributed by atoms with E-state index in [1.165, 1.54) is 0 Å². The molecule has 1 unspecified atom stereocenters. The lowest BCUT2D eigenvalue weighted by atomic mass is 10.2. The van der Waals surface area contributed by atoms with Crippen LogP contribution in [-0.4, -0.2) is 27.9 Å². The van der Waals surface area contributed by atoms with Crippen LogP contribution in [0.3, 0.4) is 0 Å². The lowest BCUT2D eigenvalue weighted by Crippen LogP contribution is -2.28. The normalized spacial score (nSPS) is 10.8. The number of hydrogen-bond donors (Lipinski definition) is 1. The third-order valence-electron chi connectivity index (χ3n) is 3.66. The molecule has 1 N–H and O–H groups in total. The number of unbranched alkanes of at least 4 members (excludes halogenated alkanes) is 1. The molecule has 160 valence electrons. The molecular formula is C22H29Cl2NO2S2. The highest BCUT2D eigenvalue weighted by atomic mass is 35.5. The van der Waals surface area contributed by atoms with Crippen molar-refractivity contribution in [1.29, 1.82) is 0 Å². The fraction of sp³-hybridized carbons (Fsp3) is 0.364. The van der Waals surface area contributed by atoms with E-state index in [2.05, 4.69) is 19.1 Å². The molecule has 0 bridgehead atoms. The van der Waals surface area contributed by atoms with Crippen molar-refractivity contribution in [2.24, 2.45) is 0 Å². The van der Waals surface area contributed by atoms with Gasteiger partial charge in [0, 0.05) is 22.2 Å². The summed E-state index contributed by atoms with van der Waals surface area (Å²) in [4.78, 5) is 0.665. The van der Waals surface area contributed by atoms with Crippen molar-refractivity contribution in [2.45, 2.75) is 38.2 Å². The van der Waals surface area contributed by atoms with Gasteiger partial charge in [0.05, 0.1) is 17.2 Å². The maximum Gasteiger partial charge on any atom is 0.152 e. The van der Waals surface area contributed by atoms with E-state index in [0.29, 0.717) is 32.7 Å². The molecule has 7 heteroatoms. The SMILES string of the molecule is C#C.CC.CSCCCCN(c1cc(Cl)ccc1CO)S(=O)c1ccc(Cl)cc1. The maximum absolute atomic E-state index is 13.2. The van der Waals surface area contributed by atoms with Gasteiger partial charge in [-0.05, 0) is 61.2 Å². The number of thioether (sulfide) groups is 1. The van der Waals surface area contributed by atoms with Gasteiger partial charge in [-0.25, -0.2) is 4.21 Å². The fourth-order valence-electron chi connectivity index (χ4n) is 2.38. The molecule has 2 aromatic rings. The number of rotatable bonds is 9. The molecular weight excluding hydrogens is 445 g/mol. The minimum Gasteiger partial charge on any atom is -0.392 e. The summed E-state index contributed by atoms with van der Waals surface area (Å²) >= 11 is 13.9. The van der Waals surface area contributed by atoms with Gasteiger partial charge in [-0.15, -0.1) is 12.8 Å². The average molecular weight is 475 g/mol. The van der Waals surface area contributed by atoms with Gasteiger partial charge in [0.25, 0.3) is 0 Å². The Morgan fingerprint density at radius 2 is 1.62 bits per heavy atom. The number of nitrogens with zero attached hydrogens (tertiary/aromatic N) is 1. The summed E-state index contributed by atoms with van der Waals surface area (Å²) in [7, 11) is -1.41. The fourth-order valence-corrected chi connectivity index (χ4v) is 4.43. The molecule has 0 saturated carbocycles. The van der Waals surface area contributed by atoms with Crippen molar-refractivity contribution in [3.05, 3.63) is 58.1 Å². The molecule has 0 fully saturated rings. The Kier molecular flexibility index (Phi) is 16.0. The zero-order chi connectivity index (χ0) is 22.2. The van der Waals surface area contributed by atoms with Crippen molar-refractivity contribution in [1.82, 2.24) is 0 Å². The van der Waals surface area contributed by atoms with Gasteiger partial charge in [-0.2, -0.15) is 11.8 Å². The van der Waals surface area contributed by atoms with Crippen LogP contribution in [0.4, 0.5) is 5.69 Å². The smallest absolute Gasteiger partial charge is 0.152 e. The summed E-state index contributed by atoms with van der Waals surface area (Å²) in [5.74, 6) is 1.06. The van der Waals surface area contributed by atoms with E-state index in [-0.39, 0.29) is 6.61 Å². The van der Waals surface area contributed by atoms with Crippen molar-refractivity contribution in [3.8, 4) is 12.8 Å². The Morgan fingerprint density at radius 1 is 1.03 bits per heavy atom. The molecule has 3 nitrogen and oxygen atoms in total. The van der Waals surface area contributed by atoms with Gasteiger partial charge in [0.2, 0.25) is 0 Å². The maximum atomic E-state index is 13.2. The predicted octanol–water partition coefficient (Wildman–Crippen LogP) is 6.43. The number of hydrogen-bond acceptors (Lipinski definition) is 3. The molecule has 0 radical (unpaired) electrons. The van der Waals surface area contributed by atoms with E-state index in [1.54, 1.807) is 58.5 Å². The summed E-state index contributed by atoms with van der Waals surface area (Å²) in [6, 6.07) is 12.2. The largest absolute Gasteiger partial charge is 0.392 e. The van der Waals surface area contributed by atoms with E-state index in [1.807, 2.05) is 13.8 Å². The summed E-state index contributed by atoms with van der Waals surface area (Å²) in [6.07, 6.45) is 12.0. The summed E-state index contributed by atoms with van der Waals surface area (Å²) in [5.41, 5.74) is 1.41. The van der Waals surface area contributed by atoms with Crippen molar-refractivity contribution in [2.75, 3.05) is 22.9 Å². The Hall–Kier alpha value is -1.16. The molecule has 0 aliphatic rings. The molecule has 0 saturated heterocycles. The minimum absolute atomic E-state index is 0.133. The molecule has 29 heavy (non-hydrogen) atoms. The standard InChI is InChI=1S/C18H21Cl2NO2S2.C2H6.C2H2/c1-24-11-3-2-10-21(18-12-16(20)5-4-14(18)13-22)25(23)17-8-6-15(19)7-9-17;2*1-2/h4-9,12,22H,2-3,10-11,13H2,1H3;1-2H3;1-2H. The van der Waals surface area contributed by atoms with Crippen molar-refractivity contribution >= 4 is 51.6 Å². The first-order chi connectivity index (χ1) is 14.1. The monoisotopic (exact) mass is 473 g/mol. The number of halogens is 2. The summed E-state index contributed by atoms with van der Waals surface area (Å²) < 4.78 is 15.0. The first-order valence-electron chi connectivity index (χ1n) is 9.23. The number of terminal acetylenes is 1. The number of aliphatic hydroxyl groups excluding tert-OH is 1. The molecule has 2 aromatic carbocycles. The Morgan fingerprint density at radius 3 is 2.17 bits per heavy atom. The Balaban J connectivity index is 0.00000184. The quantitative estimate of drug-likeness (QED) is 0.336. The average Bonchev–Trinajstić information content (AvgIpc) is 2.77. The van der Waals surface area contributed by atoms with Crippen LogP contribution in [0.15, 0.2) is 47.4 Å². The lowest BCUT2D eigenvalue weighted by Gasteiger charge is -2.26. The van der Waals surface area contributed by atoms with Crippen molar-refractivity contribution in [3.63, 3.8) is 0 Å². The van der Waals surface area contributed by atoms with Gasteiger partial charge in [-0.1, -0.05) is 43.1 Å². The third kappa shape index (κ3) is 9.46. The van der Waals surface area contributed by atoms with Gasteiger partial charge in [0.15, 0.2) is 11.0 Å². The Bertz CT molecular complexity index is 752. The lowest BCUT2D eigenvalue weighted by molar-refractivity contribution is 0.282. The number of anilines is 1. The second-order valence-electron chi connectivity index (χ2n) is 5.44. The first-order valence-corrected chi connectivity index (χ1v) is 12.5. The third-order valence-corrected chi connectivity index (χ3v) is 6.30. The van der Waals surface area contributed by atoms with Crippen LogP contribution in [0.25, 0.3) is 0 Å². The molecule has 0 aromatic heterocycles. The van der Waals surface area contributed by atoms with Crippen LogP contribution in [0.2, 0.25) is 10.0 Å². The van der Waals surface area contributed by atoms with Crippen molar-refractivity contribution < 1.29 is 9.32 Å². The van der Waals surface area contributed by atoms with E-state index >= 15 is 0 Å². The second-order valence-corrected chi connectivity index (χ2v) is 8.71. The molecule has 2 rings (SSSR count). The number of aliphatic hydroxyl groups is 1. The highest BCUT2D eigenvalue weighted by Gasteiger charge is 2.19. The van der Waals surface area contributed by atoms with Gasteiger partial charge in [0.1, 0.15) is 0 Å². The zero-order valence-corrected chi connectivity index (χ0v) is 20.3. The molecule has 0 amide bonds. The van der Waals surface area contributed by atoms with Gasteiger partial charge >= 0.3 is 0 Å². The Labute approximate surface area is 192 Å². The number of benzene rings is 2.